The lowest BCUT2D eigenvalue weighted by Gasteiger charge is -2.38. The summed E-state index contributed by atoms with van der Waals surface area (Å²) in [6.45, 7) is 4.64. The normalized spacial score (nSPS) is 22.1. The lowest BCUT2D eigenvalue weighted by molar-refractivity contribution is 0.113. The fraction of sp³-hybridized carbons (Fsp3) is 0.632. The van der Waals surface area contributed by atoms with E-state index in [0.717, 1.165) is 57.7 Å². The van der Waals surface area contributed by atoms with Gasteiger partial charge in [-0.05, 0) is 57.1 Å². The van der Waals surface area contributed by atoms with E-state index in [1.54, 1.807) is 6.07 Å². The van der Waals surface area contributed by atoms with Crippen LogP contribution in [0, 0.1) is 11.7 Å². The van der Waals surface area contributed by atoms with Crippen molar-refractivity contribution in [3.05, 3.63) is 35.6 Å². The fourth-order valence-electron chi connectivity index (χ4n) is 3.64. The van der Waals surface area contributed by atoms with E-state index in [1.165, 1.54) is 12.1 Å². The topological polar surface area (TPSA) is 44.8 Å². The molecule has 2 aliphatic rings. The Morgan fingerprint density at radius 1 is 1.36 bits per heavy atom. The minimum atomic E-state index is -0.276. The van der Waals surface area contributed by atoms with Crippen molar-refractivity contribution in [2.45, 2.75) is 31.8 Å². The third kappa shape index (κ3) is 5.16. The molecular formula is C19H28FN3O2. The molecule has 2 fully saturated rings. The van der Waals surface area contributed by atoms with Crippen LogP contribution >= 0.6 is 0 Å². The van der Waals surface area contributed by atoms with Crippen molar-refractivity contribution in [1.29, 1.82) is 0 Å². The van der Waals surface area contributed by atoms with Crippen LogP contribution in [0.5, 0.6) is 0 Å². The first-order chi connectivity index (χ1) is 12.1. The van der Waals surface area contributed by atoms with E-state index in [0.29, 0.717) is 12.5 Å². The number of amides is 2. The SMILES string of the molecule is CN1CCC(N(CC2CCOC2)C(=O)NCc2cccc(F)c2)CC1. The van der Waals surface area contributed by atoms with Gasteiger partial charge in [-0.2, -0.15) is 0 Å². The van der Waals surface area contributed by atoms with Crippen LogP contribution in [-0.2, 0) is 11.3 Å². The third-order valence-corrected chi connectivity index (χ3v) is 5.20. The van der Waals surface area contributed by atoms with Crippen molar-refractivity contribution in [3.63, 3.8) is 0 Å². The predicted octanol–water partition coefficient (Wildman–Crippen LogP) is 2.47. The highest BCUT2D eigenvalue weighted by Gasteiger charge is 2.30. The van der Waals surface area contributed by atoms with Gasteiger partial charge in [-0.3, -0.25) is 0 Å². The summed E-state index contributed by atoms with van der Waals surface area (Å²) >= 11 is 0. The maximum Gasteiger partial charge on any atom is 0.317 e. The molecule has 0 bridgehead atoms. The van der Waals surface area contributed by atoms with E-state index in [2.05, 4.69) is 17.3 Å². The molecule has 3 rings (SSSR count). The highest BCUT2D eigenvalue weighted by molar-refractivity contribution is 5.74. The summed E-state index contributed by atoms with van der Waals surface area (Å²) in [4.78, 5) is 17.1. The summed E-state index contributed by atoms with van der Waals surface area (Å²) in [6.07, 6.45) is 3.01. The molecule has 0 radical (unpaired) electrons. The first kappa shape index (κ1) is 18.1. The minimum Gasteiger partial charge on any atom is -0.381 e. The number of hydrogen-bond acceptors (Lipinski definition) is 3. The van der Waals surface area contributed by atoms with Gasteiger partial charge >= 0.3 is 6.03 Å². The Kier molecular flexibility index (Phi) is 6.26. The summed E-state index contributed by atoms with van der Waals surface area (Å²) < 4.78 is 18.8. The van der Waals surface area contributed by atoms with Crippen LogP contribution in [0.3, 0.4) is 0 Å². The first-order valence-corrected chi connectivity index (χ1v) is 9.17. The molecule has 0 saturated carbocycles. The van der Waals surface area contributed by atoms with Crippen LogP contribution < -0.4 is 5.32 Å². The van der Waals surface area contributed by atoms with Crippen LogP contribution in [0.25, 0.3) is 0 Å². The molecule has 1 unspecified atom stereocenters. The van der Waals surface area contributed by atoms with E-state index in [-0.39, 0.29) is 17.9 Å². The Bertz CT molecular complexity index is 570. The average Bonchev–Trinajstić information content (AvgIpc) is 3.12. The van der Waals surface area contributed by atoms with Crippen LogP contribution in [0.4, 0.5) is 9.18 Å². The first-order valence-electron chi connectivity index (χ1n) is 9.17. The number of piperidine rings is 1. The standard InChI is InChI=1S/C19H28FN3O2/c1-22-8-5-18(6-9-22)23(13-16-7-10-25-14-16)19(24)21-12-15-3-2-4-17(20)11-15/h2-4,11,16,18H,5-10,12-14H2,1H3,(H,21,24). The Balaban J connectivity index is 1.61. The number of carbonyl (C=O) groups is 1. The van der Waals surface area contributed by atoms with E-state index in [9.17, 15) is 9.18 Å². The molecule has 1 aromatic carbocycles. The number of halogens is 1. The van der Waals surface area contributed by atoms with E-state index in [4.69, 9.17) is 4.74 Å². The molecule has 0 spiro atoms. The molecule has 5 nitrogen and oxygen atoms in total. The van der Waals surface area contributed by atoms with Crippen LogP contribution in [-0.4, -0.2) is 61.8 Å². The van der Waals surface area contributed by atoms with Crippen LogP contribution in [0.1, 0.15) is 24.8 Å². The summed E-state index contributed by atoms with van der Waals surface area (Å²) in [6, 6.07) is 6.59. The van der Waals surface area contributed by atoms with Crippen molar-refractivity contribution in [3.8, 4) is 0 Å². The molecule has 1 N–H and O–H groups in total. The highest BCUT2D eigenvalue weighted by atomic mass is 19.1. The molecule has 1 aromatic rings. The van der Waals surface area contributed by atoms with Gasteiger partial charge in [0.05, 0.1) is 6.61 Å². The maximum absolute atomic E-state index is 13.3. The zero-order valence-electron chi connectivity index (χ0n) is 14.9. The van der Waals surface area contributed by atoms with Gasteiger partial charge in [0.2, 0.25) is 0 Å². The second kappa shape index (κ2) is 8.63. The highest BCUT2D eigenvalue weighted by Crippen LogP contribution is 2.21. The fourth-order valence-corrected chi connectivity index (χ4v) is 3.64. The monoisotopic (exact) mass is 349 g/mol. The Hall–Kier alpha value is -1.66. The van der Waals surface area contributed by atoms with Gasteiger partial charge in [-0.1, -0.05) is 12.1 Å². The lowest BCUT2D eigenvalue weighted by atomic mass is 10.0. The van der Waals surface area contributed by atoms with Crippen molar-refractivity contribution in [2.75, 3.05) is 39.9 Å². The number of urea groups is 1. The predicted molar refractivity (Wildman–Crippen MR) is 94.8 cm³/mol. The maximum atomic E-state index is 13.3. The van der Waals surface area contributed by atoms with Crippen molar-refractivity contribution in [2.24, 2.45) is 5.92 Å². The van der Waals surface area contributed by atoms with Crippen molar-refractivity contribution >= 4 is 6.03 Å². The number of benzene rings is 1. The number of carbonyl (C=O) groups excluding carboxylic acids is 1. The van der Waals surface area contributed by atoms with Gasteiger partial charge in [-0.15, -0.1) is 0 Å². The second-order valence-corrected chi connectivity index (χ2v) is 7.21. The van der Waals surface area contributed by atoms with Gasteiger partial charge in [-0.25, -0.2) is 9.18 Å². The van der Waals surface area contributed by atoms with E-state index < -0.39 is 0 Å². The molecule has 2 aliphatic heterocycles. The average molecular weight is 349 g/mol. The number of nitrogens with one attached hydrogen (secondary N) is 1. The molecule has 2 amide bonds. The molecule has 0 aliphatic carbocycles. The summed E-state index contributed by atoms with van der Waals surface area (Å²) in [5, 5.41) is 2.97. The van der Waals surface area contributed by atoms with Gasteiger partial charge in [0.25, 0.3) is 0 Å². The van der Waals surface area contributed by atoms with Gasteiger partial charge in [0.1, 0.15) is 5.82 Å². The van der Waals surface area contributed by atoms with Crippen molar-refractivity contribution < 1.29 is 13.9 Å². The molecule has 25 heavy (non-hydrogen) atoms. The number of ether oxygens (including phenoxy) is 1. The summed E-state index contributed by atoms with van der Waals surface area (Å²) in [7, 11) is 2.12. The lowest BCUT2D eigenvalue weighted by Crippen LogP contribution is -2.51. The summed E-state index contributed by atoms with van der Waals surface area (Å²) in [5.74, 6) is 0.140. The molecular weight excluding hydrogens is 321 g/mol. The quantitative estimate of drug-likeness (QED) is 0.888. The number of nitrogens with zero attached hydrogens (tertiary/aromatic N) is 2. The minimum absolute atomic E-state index is 0.0503. The molecule has 0 aromatic heterocycles. The van der Waals surface area contributed by atoms with Crippen LogP contribution in [0.2, 0.25) is 0 Å². The van der Waals surface area contributed by atoms with Gasteiger partial charge in [0, 0.05) is 31.7 Å². The second-order valence-electron chi connectivity index (χ2n) is 7.21. The zero-order valence-corrected chi connectivity index (χ0v) is 14.9. The Morgan fingerprint density at radius 2 is 2.16 bits per heavy atom. The van der Waals surface area contributed by atoms with Crippen molar-refractivity contribution in [1.82, 2.24) is 15.1 Å². The Labute approximate surface area is 149 Å². The number of hydrogen-bond donors (Lipinski definition) is 1. The third-order valence-electron chi connectivity index (χ3n) is 5.20. The largest absolute Gasteiger partial charge is 0.381 e. The molecule has 138 valence electrons. The van der Waals surface area contributed by atoms with Gasteiger partial charge < -0.3 is 19.9 Å². The Morgan fingerprint density at radius 3 is 2.84 bits per heavy atom. The molecule has 1 atom stereocenters. The van der Waals surface area contributed by atoms with Crippen LogP contribution in [0.15, 0.2) is 24.3 Å². The van der Waals surface area contributed by atoms with Gasteiger partial charge in [0.15, 0.2) is 0 Å². The zero-order chi connectivity index (χ0) is 17.6. The molecule has 2 saturated heterocycles. The molecule has 6 heteroatoms. The molecule has 2 heterocycles. The van der Waals surface area contributed by atoms with E-state index in [1.807, 2.05) is 11.0 Å². The smallest absolute Gasteiger partial charge is 0.317 e. The van der Waals surface area contributed by atoms with E-state index >= 15 is 0 Å². The number of rotatable bonds is 5. The number of likely N-dealkylation sites (tertiary alicyclic amines) is 1. The summed E-state index contributed by atoms with van der Waals surface area (Å²) in [5.41, 5.74) is 0.779.